The summed E-state index contributed by atoms with van der Waals surface area (Å²) in [5.74, 6) is -0.419. The molecular weight excluding hydrogens is 286 g/mol. The number of carbonyl (C=O) groups excluding carboxylic acids is 1. The lowest BCUT2D eigenvalue weighted by molar-refractivity contribution is 0.0908. The predicted octanol–water partition coefficient (Wildman–Crippen LogP) is 1.90. The average Bonchev–Trinajstić information content (AvgIpc) is 2.29. The Bertz CT molecular complexity index is 418. The van der Waals surface area contributed by atoms with Crippen LogP contribution in [-0.2, 0) is 0 Å². The van der Waals surface area contributed by atoms with Crippen molar-refractivity contribution >= 4 is 21.8 Å². The molecule has 0 unspecified atom stereocenters. The molecular formula is C12H16BrNO3. The third kappa shape index (κ3) is 4.02. The summed E-state index contributed by atoms with van der Waals surface area (Å²) in [4.78, 5) is 11.8. The van der Waals surface area contributed by atoms with Crippen LogP contribution >= 0.6 is 15.9 Å². The smallest absolute Gasteiger partial charge is 0.255 e. The number of phenolic OH excluding ortho intramolecular Hbond substituents is 1. The number of aliphatic hydroxyl groups excluding tert-OH is 1. The molecule has 0 atom stereocenters. The molecule has 94 valence electrons. The van der Waals surface area contributed by atoms with Gasteiger partial charge in [0.05, 0.1) is 5.56 Å². The van der Waals surface area contributed by atoms with Gasteiger partial charge in [-0.15, -0.1) is 0 Å². The Morgan fingerprint density at radius 1 is 1.47 bits per heavy atom. The highest BCUT2D eigenvalue weighted by molar-refractivity contribution is 9.10. The van der Waals surface area contributed by atoms with Crippen LogP contribution in [0.4, 0.5) is 0 Å². The number of benzene rings is 1. The number of hydrogen-bond donors (Lipinski definition) is 3. The van der Waals surface area contributed by atoms with Crippen molar-refractivity contribution in [3.8, 4) is 5.75 Å². The summed E-state index contributed by atoms with van der Waals surface area (Å²) in [7, 11) is 0. The van der Waals surface area contributed by atoms with Gasteiger partial charge in [0.15, 0.2) is 0 Å². The summed E-state index contributed by atoms with van der Waals surface area (Å²) in [5, 5.41) is 21.3. The lowest BCUT2D eigenvalue weighted by atomic mass is 9.95. The molecule has 0 heterocycles. The Kier molecular flexibility index (Phi) is 4.54. The fourth-order valence-electron chi connectivity index (χ4n) is 1.16. The standard InChI is InChI=1S/C12H16BrNO3/c1-12(2,7-15)6-14-11(17)9-5-8(13)3-4-10(9)16/h3-5,15-16H,6-7H2,1-2H3,(H,14,17). The van der Waals surface area contributed by atoms with Crippen LogP contribution in [0.15, 0.2) is 22.7 Å². The molecule has 5 heteroatoms. The Morgan fingerprint density at radius 2 is 2.12 bits per heavy atom. The molecule has 17 heavy (non-hydrogen) atoms. The van der Waals surface area contributed by atoms with Gasteiger partial charge in [0.25, 0.3) is 5.91 Å². The third-order valence-corrected chi connectivity index (χ3v) is 2.85. The molecule has 0 saturated carbocycles. The van der Waals surface area contributed by atoms with Gasteiger partial charge in [-0.05, 0) is 18.2 Å². The first-order valence-electron chi connectivity index (χ1n) is 5.23. The minimum Gasteiger partial charge on any atom is -0.507 e. The van der Waals surface area contributed by atoms with Crippen molar-refractivity contribution in [2.45, 2.75) is 13.8 Å². The Balaban J connectivity index is 2.74. The lowest BCUT2D eigenvalue weighted by Crippen LogP contribution is -2.36. The second-order valence-electron chi connectivity index (χ2n) is 4.67. The first kappa shape index (κ1) is 14.0. The highest BCUT2D eigenvalue weighted by Crippen LogP contribution is 2.22. The highest BCUT2D eigenvalue weighted by atomic mass is 79.9. The zero-order valence-corrected chi connectivity index (χ0v) is 11.4. The quantitative estimate of drug-likeness (QED) is 0.795. The zero-order valence-electron chi connectivity index (χ0n) is 9.83. The molecule has 0 aliphatic rings. The molecule has 0 fully saturated rings. The molecule has 0 spiro atoms. The average molecular weight is 302 g/mol. The van der Waals surface area contributed by atoms with E-state index in [0.29, 0.717) is 6.54 Å². The molecule has 0 bridgehead atoms. The van der Waals surface area contributed by atoms with E-state index in [4.69, 9.17) is 5.11 Å². The van der Waals surface area contributed by atoms with Crippen LogP contribution in [0, 0.1) is 5.41 Å². The maximum absolute atomic E-state index is 11.8. The Morgan fingerprint density at radius 3 is 2.71 bits per heavy atom. The summed E-state index contributed by atoms with van der Waals surface area (Å²) in [6.45, 7) is 4.01. The SMILES string of the molecule is CC(C)(CO)CNC(=O)c1cc(Br)ccc1O. The van der Waals surface area contributed by atoms with Gasteiger partial charge >= 0.3 is 0 Å². The number of nitrogens with one attached hydrogen (secondary N) is 1. The monoisotopic (exact) mass is 301 g/mol. The molecule has 1 aromatic rings. The van der Waals surface area contributed by atoms with Crippen LogP contribution in [0.3, 0.4) is 0 Å². The van der Waals surface area contributed by atoms with E-state index in [1.54, 1.807) is 12.1 Å². The van der Waals surface area contributed by atoms with E-state index in [1.165, 1.54) is 6.07 Å². The van der Waals surface area contributed by atoms with Crippen molar-refractivity contribution in [2.75, 3.05) is 13.2 Å². The zero-order chi connectivity index (χ0) is 13.1. The minimum absolute atomic E-state index is 0.0161. The topological polar surface area (TPSA) is 69.6 Å². The number of aliphatic hydroxyl groups is 1. The maximum atomic E-state index is 11.8. The van der Waals surface area contributed by atoms with E-state index in [0.717, 1.165) is 4.47 Å². The van der Waals surface area contributed by atoms with Crippen molar-refractivity contribution in [1.82, 2.24) is 5.32 Å². The van der Waals surface area contributed by atoms with Crippen molar-refractivity contribution < 1.29 is 15.0 Å². The van der Waals surface area contributed by atoms with Crippen molar-refractivity contribution in [3.63, 3.8) is 0 Å². The second kappa shape index (κ2) is 5.51. The summed E-state index contributed by atoms with van der Waals surface area (Å²) in [5.41, 5.74) is -0.162. The Hall–Kier alpha value is -1.07. The largest absolute Gasteiger partial charge is 0.507 e. The highest BCUT2D eigenvalue weighted by Gasteiger charge is 2.19. The van der Waals surface area contributed by atoms with Crippen molar-refractivity contribution in [1.29, 1.82) is 0 Å². The van der Waals surface area contributed by atoms with Crippen LogP contribution < -0.4 is 5.32 Å². The fraction of sp³-hybridized carbons (Fsp3) is 0.417. The number of hydrogen-bond acceptors (Lipinski definition) is 3. The van der Waals surface area contributed by atoms with Crippen molar-refractivity contribution in [2.24, 2.45) is 5.41 Å². The van der Waals surface area contributed by atoms with Gasteiger partial charge in [0.1, 0.15) is 5.75 Å². The van der Waals surface area contributed by atoms with E-state index < -0.39 is 0 Å². The first-order chi connectivity index (χ1) is 7.85. The molecule has 1 aromatic carbocycles. The number of aromatic hydroxyl groups is 1. The van der Waals surface area contributed by atoms with Gasteiger partial charge in [-0.1, -0.05) is 29.8 Å². The van der Waals surface area contributed by atoms with E-state index in [9.17, 15) is 9.90 Å². The predicted molar refractivity (Wildman–Crippen MR) is 69.0 cm³/mol. The Labute approximate surface area is 109 Å². The number of halogens is 1. The van der Waals surface area contributed by atoms with Gasteiger partial charge in [0, 0.05) is 23.0 Å². The maximum Gasteiger partial charge on any atom is 0.255 e. The van der Waals surface area contributed by atoms with Crippen LogP contribution in [0.5, 0.6) is 5.75 Å². The second-order valence-corrected chi connectivity index (χ2v) is 5.58. The molecule has 0 aliphatic carbocycles. The molecule has 1 amide bonds. The van der Waals surface area contributed by atoms with Gasteiger partial charge < -0.3 is 15.5 Å². The normalized spacial score (nSPS) is 11.3. The number of amides is 1. The van der Waals surface area contributed by atoms with E-state index in [1.807, 2.05) is 13.8 Å². The molecule has 4 nitrogen and oxygen atoms in total. The molecule has 1 rings (SSSR count). The van der Waals surface area contributed by atoms with Crippen LogP contribution in [0.25, 0.3) is 0 Å². The van der Waals surface area contributed by atoms with Crippen LogP contribution in [-0.4, -0.2) is 29.3 Å². The molecule has 3 N–H and O–H groups in total. The molecule has 0 aliphatic heterocycles. The van der Waals surface area contributed by atoms with Gasteiger partial charge in [-0.3, -0.25) is 4.79 Å². The summed E-state index contributed by atoms with van der Waals surface area (Å²) in [6, 6.07) is 4.66. The summed E-state index contributed by atoms with van der Waals surface area (Å²) < 4.78 is 0.724. The summed E-state index contributed by atoms with van der Waals surface area (Å²) in [6.07, 6.45) is 0. The van der Waals surface area contributed by atoms with Crippen molar-refractivity contribution in [3.05, 3.63) is 28.2 Å². The number of phenols is 1. The number of rotatable bonds is 4. The fourth-order valence-corrected chi connectivity index (χ4v) is 1.52. The lowest BCUT2D eigenvalue weighted by Gasteiger charge is -2.21. The van der Waals surface area contributed by atoms with Gasteiger partial charge in [-0.25, -0.2) is 0 Å². The molecule has 0 saturated heterocycles. The number of carbonyl (C=O) groups is 1. The van der Waals surface area contributed by atoms with Gasteiger partial charge in [-0.2, -0.15) is 0 Å². The summed E-state index contributed by atoms with van der Waals surface area (Å²) >= 11 is 3.24. The van der Waals surface area contributed by atoms with Crippen LogP contribution in [0.1, 0.15) is 24.2 Å². The molecule has 0 radical (unpaired) electrons. The third-order valence-electron chi connectivity index (χ3n) is 2.36. The van der Waals surface area contributed by atoms with Crippen LogP contribution in [0.2, 0.25) is 0 Å². The minimum atomic E-state index is -0.378. The van der Waals surface area contributed by atoms with E-state index >= 15 is 0 Å². The van der Waals surface area contributed by atoms with Gasteiger partial charge in [0.2, 0.25) is 0 Å². The first-order valence-corrected chi connectivity index (χ1v) is 6.02. The molecule has 0 aromatic heterocycles. The van der Waals surface area contributed by atoms with E-state index in [-0.39, 0.29) is 29.2 Å². The van der Waals surface area contributed by atoms with E-state index in [2.05, 4.69) is 21.2 Å².